The fourth-order valence-electron chi connectivity index (χ4n) is 1.72. The molecule has 1 aromatic heterocycles. The fourth-order valence-corrected chi connectivity index (χ4v) is 1.72. The van der Waals surface area contributed by atoms with Gasteiger partial charge in [-0.2, -0.15) is 0 Å². The van der Waals surface area contributed by atoms with Crippen LogP contribution in [0.1, 0.15) is 33.3 Å². The summed E-state index contributed by atoms with van der Waals surface area (Å²) >= 11 is 0. The van der Waals surface area contributed by atoms with Crippen molar-refractivity contribution in [3.63, 3.8) is 0 Å². The lowest BCUT2D eigenvalue weighted by Crippen LogP contribution is -2.32. The number of ether oxygens (including phenoxy) is 1. The van der Waals surface area contributed by atoms with Crippen molar-refractivity contribution in [1.82, 2.24) is 9.97 Å². The summed E-state index contributed by atoms with van der Waals surface area (Å²) in [6.45, 7) is 9.75. The molecule has 0 fully saturated rings. The number of nitrogens with one attached hydrogen (secondary N) is 1. The molecule has 1 rings (SSSR count). The molecule has 1 aromatic rings. The minimum atomic E-state index is 0.226. The summed E-state index contributed by atoms with van der Waals surface area (Å²) in [4.78, 5) is 8.30. The van der Waals surface area contributed by atoms with Crippen LogP contribution in [0.2, 0.25) is 0 Å². The van der Waals surface area contributed by atoms with Crippen LogP contribution in [0.15, 0.2) is 6.33 Å². The number of hydrogen-bond acceptors (Lipinski definition) is 5. The molecule has 1 atom stereocenters. The zero-order valence-corrected chi connectivity index (χ0v) is 11.7. The van der Waals surface area contributed by atoms with Crippen molar-refractivity contribution in [2.45, 2.75) is 40.2 Å². The smallest absolute Gasteiger partial charge is 0.135 e. The zero-order chi connectivity index (χ0) is 13.5. The van der Waals surface area contributed by atoms with Gasteiger partial charge in [0.2, 0.25) is 0 Å². The lowest BCUT2D eigenvalue weighted by molar-refractivity contribution is 0.126. The Morgan fingerprint density at radius 2 is 2.06 bits per heavy atom. The van der Waals surface area contributed by atoms with Gasteiger partial charge in [0.25, 0.3) is 0 Å². The summed E-state index contributed by atoms with van der Waals surface area (Å²) in [5.74, 6) is 1.83. The molecule has 0 aliphatic carbocycles. The minimum Gasteiger partial charge on any atom is -0.383 e. The van der Waals surface area contributed by atoms with E-state index in [0.29, 0.717) is 18.3 Å². The van der Waals surface area contributed by atoms with Crippen LogP contribution in [0, 0.1) is 5.92 Å². The maximum Gasteiger partial charge on any atom is 0.135 e. The summed E-state index contributed by atoms with van der Waals surface area (Å²) in [7, 11) is 0. The highest BCUT2D eigenvalue weighted by molar-refractivity contribution is 5.55. The molecule has 0 saturated heterocycles. The molecular weight excluding hydrogens is 228 g/mol. The van der Waals surface area contributed by atoms with Crippen LogP contribution < -0.4 is 11.1 Å². The standard InChI is InChI=1S/C13H24N4O/c1-5-10-12(14)15-8-16-13(10)17-11(9(3)4)7-18-6-2/h8-9,11H,5-7H2,1-4H3,(H3,14,15,16,17). The van der Waals surface area contributed by atoms with Gasteiger partial charge >= 0.3 is 0 Å². The topological polar surface area (TPSA) is 73.1 Å². The first kappa shape index (κ1) is 14.7. The predicted octanol–water partition coefficient (Wildman–Crippen LogP) is 2.09. The van der Waals surface area contributed by atoms with E-state index in [4.69, 9.17) is 10.5 Å². The van der Waals surface area contributed by atoms with Crippen LogP contribution in [-0.2, 0) is 11.2 Å². The summed E-state index contributed by atoms with van der Waals surface area (Å²) in [6, 6.07) is 0.226. The summed E-state index contributed by atoms with van der Waals surface area (Å²) in [5, 5.41) is 3.42. The molecule has 0 saturated carbocycles. The number of anilines is 2. The third-order valence-corrected chi connectivity index (χ3v) is 2.96. The van der Waals surface area contributed by atoms with Gasteiger partial charge in [-0.15, -0.1) is 0 Å². The highest BCUT2D eigenvalue weighted by Crippen LogP contribution is 2.20. The lowest BCUT2D eigenvalue weighted by Gasteiger charge is -2.24. The van der Waals surface area contributed by atoms with Gasteiger partial charge in [0.1, 0.15) is 18.0 Å². The summed E-state index contributed by atoms with van der Waals surface area (Å²) in [6.07, 6.45) is 2.31. The second-order valence-electron chi connectivity index (χ2n) is 4.59. The molecule has 1 heterocycles. The van der Waals surface area contributed by atoms with Gasteiger partial charge in [-0.1, -0.05) is 20.8 Å². The van der Waals surface area contributed by atoms with Crippen molar-refractivity contribution in [1.29, 1.82) is 0 Å². The number of nitrogen functional groups attached to an aromatic ring is 1. The molecule has 1 unspecified atom stereocenters. The van der Waals surface area contributed by atoms with Crippen molar-refractivity contribution in [2.75, 3.05) is 24.3 Å². The van der Waals surface area contributed by atoms with E-state index >= 15 is 0 Å². The zero-order valence-electron chi connectivity index (χ0n) is 11.7. The predicted molar refractivity (Wildman–Crippen MR) is 74.6 cm³/mol. The van der Waals surface area contributed by atoms with Gasteiger partial charge < -0.3 is 15.8 Å². The molecule has 0 radical (unpaired) electrons. The number of hydrogen-bond donors (Lipinski definition) is 2. The first-order valence-corrected chi connectivity index (χ1v) is 6.53. The Hall–Kier alpha value is -1.36. The molecule has 0 amide bonds. The molecule has 3 N–H and O–H groups in total. The molecule has 18 heavy (non-hydrogen) atoms. The molecule has 5 heteroatoms. The van der Waals surface area contributed by atoms with Gasteiger partial charge in [-0.05, 0) is 19.3 Å². The van der Waals surface area contributed by atoms with Crippen molar-refractivity contribution in [2.24, 2.45) is 5.92 Å². The molecule has 0 spiro atoms. The molecule has 0 aromatic carbocycles. The van der Waals surface area contributed by atoms with E-state index in [2.05, 4.69) is 29.1 Å². The second-order valence-corrected chi connectivity index (χ2v) is 4.59. The Balaban J connectivity index is 2.83. The minimum absolute atomic E-state index is 0.226. The van der Waals surface area contributed by atoms with Crippen LogP contribution in [0.25, 0.3) is 0 Å². The van der Waals surface area contributed by atoms with Gasteiger partial charge in [-0.25, -0.2) is 9.97 Å². The highest BCUT2D eigenvalue weighted by atomic mass is 16.5. The maximum absolute atomic E-state index is 5.86. The average Bonchev–Trinajstić information content (AvgIpc) is 2.34. The largest absolute Gasteiger partial charge is 0.383 e. The van der Waals surface area contributed by atoms with E-state index in [-0.39, 0.29) is 6.04 Å². The quantitative estimate of drug-likeness (QED) is 0.777. The fraction of sp³-hybridized carbons (Fsp3) is 0.692. The van der Waals surface area contributed by atoms with Gasteiger partial charge in [0, 0.05) is 12.2 Å². The van der Waals surface area contributed by atoms with Crippen LogP contribution in [0.4, 0.5) is 11.6 Å². The number of nitrogens with zero attached hydrogens (tertiary/aromatic N) is 2. The van der Waals surface area contributed by atoms with E-state index in [1.165, 1.54) is 6.33 Å². The Morgan fingerprint density at radius 1 is 1.33 bits per heavy atom. The van der Waals surface area contributed by atoms with Gasteiger partial charge in [-0.3, -0.25) is 0 Å². The maximum atomic E-state index is 5.86. The molecule has 102 valence electrons. The van der Waals surface area contributed by atoms with Gasteiger partial charge in [0.15, 0.2) is 0 Å². The third kappa shape index (κ3) is 3.84. The van der Waals surface area contributed by atoms with Crippen molar-refractivity contribution in [3.8, 4) is 0 Å². The lowest BCUT2D eigenvalue weighted by atomic mass is 10.0. The molecule has 0 aliphatic heterocycles. The van der Waals surface area contributed by atoms with E-state index < -0.39 is 0 Å². The summed E-state index contributed by atoms with van der Waals surface area (Å²) in [5.41, 5.74) is 6.83. The van der Waals surface area contributed by atoms with E-state index in [1.807, 2.05) is 13.8 Å². The Morgan fingerprint density at radius 3 is 2.61 bits per heavy atom. The summed E-state index contributed by atoms with van der Waals surface area (Å²) < 4.78 is 5.50. The van der Waals surface area contributed by atoms with Crippen LogP contribution >= 0.6 is 0 Å². The molecule has 0 bridgehead atoms. The Bertz CT molecular complexity index is 368. The molecule has 5 nitrogen and oxygen atoms in total. The third-order valence-electron chi connectivity index (χ3n) is 2.96. The van der Waals surface area contributed by atoms with E-state index in [0.717, 1.165) is 24.4 Å². The molecule has 0 aliphatic rings. The Labute approximate surface area is 109 Å². The first-order valence-electron chi connectivity index (χ1n) is 6.53. The number of aromatic nitrogens is 2. The normalized spacial score (nSPS) is 12.7. The van der Waals surface area contributed by atoms with Crippen molar-refractivity contribution in [3.05, 3.63) is 11.9 Å². The monoisotopic (exact) mass is 252 g/mol. The van der Waals surface area contributed by atoms with E-state index in [9.17, 15) is 0 Å². The van der Waals surface area contributed by atoms with Crippen LogP contribution in [0.3, 0.4) is 0 Å². The van der Waals surface area contributed by atoms with Crippen molar-refractivity contribution < 1.29 is 4.74 Å². The second kappa shape index (κ2) is 7.16. The Kier molecular flexibility index (Phi) is 5.85. The van der Waals surface area contributed by atoms with Crippen LogP contribution in [0.5, 0.6) is 0 Å². The van der Waals surface area contributed by atoms with Crippen molar-refractivity contribution >= 4 is 11.6 Å². The number of nitrogens with two attached hydrogens (primary N) is 1. The number of rotatable bonds is 7. The first-order chi connectivity index (χ1) is 8.60. The van der Waals surface area contributed by atoms with E-state index in [1.54, 1.807) is 0 Å². The SMILES string of the molecule is CCOCC(Nc1ncnc(N)c1CC)C(C)C. The highest BCUT2D eigenvalue weighted by Gasteiger charge is 2.16. The molecular formula is C13H24N4O. The average molecular weight is 252 g/mol. The van der Waals surface area contributed by atoms with Crippen LogP contribution in [-0.4, -0.2) is 29.2 Å². The van der Waals surface area contributed by atoms with Gasteiger partial charge in [0.05, 0.1) is 12.6 Å².